The summed E-state index contributed by atoms with van der Waals surface area (Å²) in [4.78, 5) is 2.47. The molecule has 0 radical (unpaired) electrons. The van der Waals surface area contributed by atoms with E-state index in [1.54, 1.807) is 0 Å². The minimum Gasteiger partial charge on any atom is -0.393 e. The molecule has 9 atom stereocenters. The van der Waals surface area contributed by atoms with Crippen LogP contribution in [0.1, 0.15) is 78.1 Å². The topological polar surface area (TPSA) is 49.5 Å². The average Bonchev–Trinajstić information content (AvgIpc) is 2.97. The van der Waals surface area contributed by atoms with E-state index >= 15 is 0 Å². The molecule has 3 heteroatoms. The minimum absolute atomic E-state index is 0.0264. The van der Waals surface area contributed by atoms with Gasteiger partial charge in [-0.05, 0) is 125 Å². The highest BCUT2D eigenvalue weighted by atomic mass is 16.3. The van der Waals surface area contributed by atoms with E-state index < -0.39 is 0 Å². The normalized spacial score (nSPS) is 50.8. The quantitative estimate of drug-likeness (QED) is 0.770. The standard InChI is InChI=1S/C24H44N2O/c1-23-12-9-17(27)15-16(23)5-6-18-19-7-8-21(22(11-14-25)26(3)4)24(19,2)13-10-20(18)23/h16-22,27H,5-15,25H2,1-4H3/t16-,17-,18+,19+,20+,21-,22?,23+,24+/m1/s1. The summed E-state index contributed by atoms with van der Waals surface area (Å²) < 4.78 is 0. The summed E-state index contributed by atoms with van der Waals surface area (Å²) in [6, 6.07) is 0.651. The molecule has 4 aliphatic carbocycles. The number of nitrogens with zero attached hydrogens (tertiary/aromatic N) is 1. The monoisotopic (exact) mass is 376 g/mol. The van der Waals surface area contributed by atoms with Crippen molar-refractivity contribution in [2.45, 2.75) is 90.2 Å². The molecule has 0 aliphatic heterocycles. The molecule has 0 bridgehead atoms. The van der Waals surface area contributed by atoms with E-state index in [0.717, 1.165) is 55.4 Å². The fraction of sp³-hybridized carbons (Fsp3) is 1.00. The largest absolute Gasteiger partial charge is 0.393 e. The Balaban J connectivity index is 1.57. The highest BCUT2D eigenvalue weighted by Gasteiger charge is 2.60. The van der Waals surface area contributed by atoms with Gasteiger partial charge in [0.15, 0.2) is 0 Å². The highest BCUT2D eigenvalue weighted by Crippen LogP contribution is 2.68. The lowest BCUT2D eigenvalue weighted by atomic mass is 9.44. The number of hydrogen-bond donors (Lipinski definition) is 2. The van der Waals surface area contributed by atoms with Crippen molar-refractivity contribution in [1.82, 2.24) is 4.90 Å². The maximum absolute atomic E-state index is 10.2. The van der Waals surface area contributed by atoms with Gasteiger partial charge in [0.25, 0.3) is 0 Å². The molecule has 0 aromatic heterocycles. The molecule has 27 heavy (non-hydrogen) atoms. The van der Waals surface area contributed by atoms with Crippen molar-refractivity contribution in [2.75, 3.05) is 20.6 Å². The van der Waals surface area contributed by atoms with Crippen molar-refractivity contribution < 1.29 is 5.11 Å². The Bertz CT molecular complexity index is 536. The molecule has 4 saturated carbocycles. The number of nitrogens with two attached hydrogens (primary N) is 1. The second-order valence-electron chi connectivity index (χ2n) is 11.4. The van der Waals surface area contributed by atoms with Crippen molar-refractivity contribution >= 4 is 0 Å². The van der Waals surface area contributed by atoms with E-state index in [2.05, 4.69) is 32.8 Å². The molecule has 1 unspecified atom stereocenters. The SMILES string of the molecule is CN(C)C(CCN)[C@H]1CC[C@H]2[C@@H]3CC[C@@H]4C[C@H](O)CC[C@]4(C)[C@H]3CC[C@]12C. The lowest BCUT2D eigenvalue weighted by molar-refractivity contribution is -0.130. The van der Waals surface area contributed by atoms with Gasteiger partial charge in [-0.2, -0.15) is 0 Å². The van der Waals surface area contributed by atoms with Crippen molar-refractivity contribution in [2.24, 2.45) is 46.2 Å². The van der Waals surface area contributed by atoms with Gasteiger partial charge in [-0.1, -0.05) is 13.8 Å². The summed E-state index contributed by atoms with van der Waals surface area (Å²) >= 11 is 0. The van der Waals surface area contributed by atoms with Crippen LogP contribution in [-0.2, 0) is 0 Å². The third-order valence-electron chi connectivity index (χ3n) is 10.3. The van der Waals surface area contributed by atoms with Gasteiger partial charge < -0.3 is 15.7 Å². The molecule has 156 valence electrons. The number of hydrogen-bond acceptors (Lipinski definition) is 3. The van der Waals surface area contributed by atoms with E-state index in [1.165, 1.54) is 44.9 Å². The first-order valence-electron chi connectivity index (χ1n) is 11.9. The van der Waals surface area contributed by atoms with Crippen LogP contribution in [0.3, 0.4) is 0 Å². The second kappa shape index (κ2) is 7.29. The third kappa shape index (κ3) is 3.11. The third-order valence-corrected chi connectivity index (χ3v) is 10.3. The van der Waals surface area contributed by atoms with Crippen LogP contribution >= 0.6 is 0 Å². The number of fused-ring (bicyclic) bond motifs is 5. The van der Waals surface area contributed by atoms with Crippen LogP contribution in [0.5, 0.6) is 0 Å². The molecule has 3 N–H and O–H groups in total. The molecule has 0 saturated heterocycles. The molecular formula is C24H44N2O. The highest BCUT2D eigenvalue weighted by molar-refractivity contribution is 5.10. The van der Waals surface area contributed by atoms with Crippen molar-refractivity contribution in [3.8, 4) is 0 Å². The zero-order chi connectivity index (χ0) is 19.4. The predicted octanol–water partition coefficient (Wildman–Crippen LogP) is 4.29. The average molecular weight is 377 g/mol. The number of aliphatic hydroxyl groups excluding tert-OH is 1. The summed E-state index contributed by atoms with van der Waals surface area (Å²) in [5.74, 6) is 4.36. The summed E-state index contributed by atoms with van der Waals surface area (Å²) in [5, 5.41) is 10.2. The Labute approximate surface area is 167 Å². The van der Waals surface area contributed by atoms with E-state index in [-0.39, 0.29) is 6.10 Å². The van der Waals surface area contributed by atoms with Crippen LogP contribution in [0, 0.1) is 40.4 Å². The van der Waals surface area contributed by atoms with Crippen LogP contribution in [0.4, 0.5) is 0 Å². The first kappa shape index (κ1) is 20.2. The first-order valence-corrected chi connectivity index (χ1v) is 11.9. The number of aliphatic hydroxyl groups is 1. The predicted molar refractivity (Wildman–Crippen MR) is 112 cm³/mol. The van der Waals surface area contributed by atoms with Gasteiger partial charge in [0, 0.05) is 6.04 Å². The summed E-state index contributed by atoms with van der Waals surface area (Å²) in [6.07, 6.45) is 13.0. The molecule has 4 fully saturated rings. The van der Waals surface area contributed by atoms with E-state index in [0.29, 0.717) is 16.9 Å². The Morgan fingerprint density at radius 1 is 0.963 bits per heavy atom. The number of rotatable bonds is 4. The first-order chi connectivity index (χ1) is 12.8. The second-order valence-corrected chi connectivity index (χ2v) is 11.4. The van der Waals surface area contributed by atoms with E-state index in [1.807, 2.05) is 0 Å². The molecule has 0 amide bonds. The fourth-order valence-electron chi connectivity index (χ4n) is 8.90. The van der Waals surface area contributed by atoms with Crippen LogP contribution < -0.4 is 5.73 Å². The maximum atomic E-state index is 10.2. The lowest BCUT2D eigenvalue weighted by Crippen LogP contribution is -2.55. The van der Waals surface area contributed by atoms with Gasteiger partial charge in [-0.25, -0.2) is 0 Å². The van der Waals surface area contributed by atoms with E-state index in [4.69, 9.17) is 5.73 Å². The zero-order valence-electron chi connectivity index (χ0n) is 18.3. The Morgan fingerprint density at radius 3 is 2.37 bits per heavy atom. The van der Waals surface area contributed by atoms with Crippen molar-refractivity contribution in [3.63, 3.8) is 0 Å². The Morgan fingerprint density at radius 2 is 1.67 bits per heavy atom. The summed E-state index contributed by atoms with van der Waals surface area (Å²) in [6.45, 7) is 6.07. The summed E-state index contributed by atoms with van der Waals surface area (Å²) in [5.41, 5.74) is 7.02. The van der Waals surface area contributed by atoms with Crippen LogP contribution in [0.15, 0.2) is 0 Å². The van der Waals surface area contributed by atoms with Crippen LogP contribution in [-0.4, -0.2) is 42.8 Å². The molecule has 0 aromatic carbocycles. The Hall–Kier alpha value is -0.120. The van der Waals surface area contributed by atoms with Gasteiger partial charge >= 0.3 is 0 Å². The molecule has 4 aliphatic rings. The zero-order valence-corrected chi connectivity index (χ0v) is 18.3. The molecule has 0 heterocycles. The minimum atomic E-state index is -0.0264. The van der Waals surface area contributed by atoms with E-state index in [9.17, 15) is 5.11 Å². The van der Waals surface area contributed by atoms with Crippen molar-refractivity contribution in [1.29, 1.82) is 0 Å². The van der Waals surface area contributed by atoms with Crippen molar-refractivity contribution in [3.05, 3.63) is 0 Å². The van der Waals surface area contributed by atoms with Gasteiger partial charge in [0.05, 0.1) is 6.10 Å². The molecule has 0 spiro atoms. The van der Waals surface area contributed by atoms with Crippen LogP contribution in [0.2, 0.25) is 0 Å². The lowest BCUT2D eigenvalue weighted by Gasteiger charge is -2.61. The van der Waals surface area contributed by atoms with Gasteiger partial charge in [0.1, 0.15) is 0 Å². The van der Waals surface area contributed by atoms with Gasteiger partial charge in [-0.3, -0.25) is 0 Å². The maximum Gasteiger partial charge on any atom is 0.0543 e. The van der Waals surface area contributed by atoms with Gasteiger partial charge in [0.2, 0.25) is 0 Å². The van der Waals surface area contributed by atoms with Gasteiger partial charge in [-0.15, -0.1) is 0 Å². The fourth-order valence-corrected chi connectivity index (χ4v) is 8.90. The molecule has 4 rings (SSSR count). The molecular weight excluding hydrogens is 332 g/mol. The summed E-state index contributed by atoms with van der Waals surface area (Å²) in [7, 11) is 4.53. The Kier molecular flexibility index (Phi) is 5.44. The molecule has 3 nitrogen and oxygen atoms in total. The molecule has 0 aromatic rings. The van der Waals surface area contributed by atoms with Crippen LogP contribution in [0.25, 0.3) is 0 Å². The smallest absolute Gasteiger partial charge is 0.0543 e.